The molecule has 2 rings (SSSR count). The van der Waals surface area contributed by atoms with Gasteiger partial charge in [0.15, 0.2) is 5.72 Å². The molecule has 3 heteroatoms. The van der Waals surface area contributed by atoms with Crippen molar-refractivity contribution in [3.05, 3.63) is 39.7 Å². The summed E-state index contributed by atoms with van der Waals surface area (Å²) in [5.41, 5.74) is 1.93. The summed E-state index contributed by atoms with van der Waals surface area (Å²) in [6.07, 6.45) is 1.78. The molecule has 1 aromatic rings. The monoisotopic (exact) mass is 301 g/mol. The number of halogens is 1. The Morgan fingerprint density at radius 2 is 1.86 bits per heavy atom. The van der Waals surface area contributed by atoms with Gasteiger partial charge in [-0.15, -0.1) is 0 Å². The Bertz CT molecular complexity index is 367. The molecular weight excluding hydrogens is 289 g/mol. The summed E-state index contributed by atoms with van der Waals surface area (Å²) in [4.78, 5) is 0. The number of benzene rings is 1. The van der Waals surface area contributed by atoms with E-state index in [1.54, 1.807) is 6.26 Å². The van der Waals surface area contributed by atoms with Crippen molar-refractivity contribution in [3.63, 3.8) is 0 Å². The number of hydrogen-bond acceptors (Lipinski definition) is 2. The highest BCUT2D eigenvalue weighted by Crippen LogP contribution is 2.24. The minimum Gasteiger partial charge on any atom is -0.474 e. The molecule has 0 aliphatic carbocycles. The van der Waals surface area contributed by atoms with Crippen molar-refractivity contribution in [2.45, 2.75) is 19.6 Å². The van der Waals surface area contributed by atoms with Crippen LogP contribution in [-0.4, -0.2) is 5.72 Å². The van der Waals surface area contributed by atoms with Crippen LogP contribution in [0.4, 0.5) is 0 Å². The first-order chi connectivity index (χ1) is 6.57. The van der Waals surface area contributed by atoms with Crippen molar-refractivity contribution in [1.82, 2.24) is 5.32 Å². The SMILES string of the molecule is CC1(C)NC(c2ccc(I)cc2)=CO1. The van der Waals surface area contributed by atoms with Gasteiger partial charge in [0.1, 0.15) is 6.26 Å². The molecule has 0 spiro atoms. The Kier molecular flexibility index (Phi) is 2.43. The first-order valence-corrected chi connectivity index (χ1v) is 5.57. The maximum atomic E-state index is 5.46. The average Bonchev–Trinajstić information content (AvgIpc) is 2.47. The molecule has 0 unspecified atom stereocenters. The molecule has 0 amide bonds. The van der Waals surface area contributed by atoms with E-state index in [1.165, 1.54) is 3.57 Å². The normalized spacial score (nSPS) is 18.4. The van der Waals surface area contributed by atoms with E-state index < -0.39 is 0 Å². The zero-order valence-electron chi connectivity index (χ0n) is 8.17. The largest absolute Gasteiger partial charge is 0.474 e. The second kappa shape index (κ2) is 3.46. The topological polar surface area (TPSA) is 21.3 Å². The van der Waals surface area contributed by atoms with Gasteiger partial charge in [-0.2, -0.15) is 0 Å². The molecule has 1 N–H and O–H groups in total. The fourth-order valence-electron chi connectivity index (χ4n) is 1.36. The quantitative estimate of drug-likeness (QED) is 0.805. The zero-order chi connectivity index (χ0) is 10.2. The van der Waals surface area contributed by atoms with Crippen LogP contribution in [-0.2, 0) is 4.74 Å². The van der Waals surface area contributed by atoms with Gasteiger partial charge in [0.25, 0.3) is 0 Å². The second-order valence-corrected chi connectivity index (χ2v) is 5.04. The minimum atomic E-state index is -0.279. The van der Waals surface area contributed by atoms with Crippen LogP contribution in [0.25, 0.3) is 5.70 Å². The highest BCUT2D eigenvalue weighted by atomic mass is 127. The molecule has 0 radical (unpaired) electrons. The summed E-state index contributed by atoms with van der Waals surface area (Å²) >= 11 is 2.30. The van der Waals surface area contributed by atoms with Crippen LogP contribution < -0.4 is 5.32 Å². The molecule has 1 aromatic carbocycles. The molecule has 0 saturated carbocycles. The van der Waals surface area contributed by atoms with Crippen LogP contribution in [0.15, 0.2) is 30.5 Å². The van der Waals surface area contributed by atoms with Crippen molar-refractivity contribution in [2.75, 3.05) is 0 Å². The molecule has 14 heavy (non-hydrogen) atoms. The first-order valence-electron chi connectivity index (χ1n) is 4.49. The Hall–Kier alpha value is -0.710. The number of rotatable bonds is 1. The van der Waals surface area contributed by atoms with Gasteiger partial charge < -0.3 is 10.1 Å². The third-order valence-electron chi connectivity index (χ3n) is 2.06. The molecule has 1 aliphatic rings. The van der Waals surface area contributed by atoms with Gasteiger partial charge in [-0.3, -0.25) is 0 Å². The standard InChI is InChI=1S/C11H12INO/c1-11(2)13-10(7-14-11)8-3-5-9(12)6-4-8/h3-7,13H,1-2H3. The van der Waals surface area contributed by atoms with E-state index in [2.05, 4.69) is 52.2 Å². The summed E-state index contributed by atoms with van der Waals surface area (Å²) in [5, 5.41) is 3.30. The molecule has 0 aromatic heterocycles. The van der Waals surface area contributed by atoms with Gasteiger partial charge in [-0.1, -0.05) is 12.1 Å². The molecule has 0 bridgehead atoms. The van der Waals surface area contributed by atoms with Crippen molar-refractivity contribution in [2.24, 2.45) is 0 Å². The summed E-state index contributed by atoms with van der Waals surface area (Å²) in [6.45, 7) is 4.01. The molecule has 0 fully saturated rings. The van der Waals surface area contributed by atoms with Crippen LogP contribution in [0.2, 0.25) is 0 Å². The third-order valence-corrected chi connectivity index (χ3v) is 2.78. The van der Waals surface area contributed by atoms with E-state index in [9.17, 15) is 0 Å². The molecule has 0 saturated heterocycles. The van der Waals surface area contributed by atoms with Crippen LogP contribution in [0.3, 0.4) is 0 Å². The van der Waals surface area contributed by atoms with Crippen molar-refractivity contribution in [3.8, 4) is 0 Å². The predicted octanol–water partition coefficient (Wildman–Crippen LogP) is 2.95. The average molecular weight is 301 g/mol. The number of ether oxygens (including phenoxy) is 1. The zero-order valence-corrected chi connectivity index (χ0v) is 10.3. The maximum Gasteiger partial charge on any atom is 0.174 e. The molecule has 1 aliphatic heterocycles. The van der Waals surface area contributed by atoms with E-state index in [4.69, 9.17) is 4.74 Å². The first kappa shape index (κ1) is 9.83. The van der Waals surface area contributed by atoms with Gasteiger partial charge in [-0.05, 0) is 48.6 Å². The maximum absolute atomic E-state index is 5.46. The van der Waals surface area contributed by atoms with Gasteiger partial charge in [0, 0.05) is 9.13 Å². The Labute approximate surface area is 97.5 Å². The van der Waals surface area contributed by atoms with Crippen molar-refractivity contribution < 1.29 is 4.74 Å². The second-order valence-electron chi connectivity index (χ2n) is 3.79. The van der Waals surface area contributed by atoms with Gasteiger partial charge in [-0.25, -0.2) is 0 Å². The van der Waals surface area contributed by atoms with E-state index in [1.807, 2.05) is 13.8 Å². The molecule has 1 heterocycles. The highest BCUT2D eigenvalue weighted by Gasteiger charge is 2.25. The fourth-order valence-corrected chi connectivity index (χ4v) is 1.72. The van der Waals surface area contributed by atoms with Crippen LogP contribution in [0, 0.1) is 3.57 Å². The Morgan fingerprint density at radius 3 is 2.36 bits per heavy atom. The Balaban J connectivity index is 2.22. The van der Waals surface area contributed by atoms with Crippen molar-refractivity contribution >= 4 is 28.3 Å². The van der Waals surface area contributed by atoms with Crippen LogP contribution >= 0.6 is 22.6 Å². The molecule has 2 nitrogen and oxygen atoms in total. The Morgan fingerprint density at radius 1 is 1.21 bits per heavy atom. The lowest BCUT2D eigenvalue weighted by Crippen LogP contribution is -2.34. The van der Waals surface area contributed by atoms with Crippen LogP contribution in [0.5, 0.6) is 0 Å². The third kappa shape index (κ3) is 2.03. The summed E-state index contributed by atoms with van der Waals surface area (Å²) < 4.78 is 6.70. The molecular formula is C11H12INO. The lowest BCUT2D eigenvalue weighted by atomic mass is 10.1. The lowest BCUT2D eigenvalue weighted by Gasteiger charge is -2.19. The van der Waals surface area contributed by atoms with Crippen molar-refractivity contribution in [1.29, 1.82) is 0 Å². The predicted molar refractivity (Wildman–Crippen MR) is 65.4 cm³/mol. The number of hydrogen-bond donors (Lipinski definition) is 1. The smallest absolute Gasteiger partial charge is 0.174 e. The molecule has 74 valence electrons. The van der Waals surface area contributed by atoms with E-state index >= 15 is 0 Å². The number of nitrogens with one attached hydrogen (secondary N) is 1. The lowest BCUT2D eigenvalue weighted by molar-refractivity contribution is 0.0634. The van der Waals surface area contributed by atoms with Gasteiger partial charge in [0.2, 0.25) is 0 Å². The fraction of sp³-hybridized carbons (Fsp3) is 0.273. The van der Waals surface area contributed by atoms with E-state index in [0.29, 0.717) is 0 Å². The van der Waals surface area contributed by atoms with E-state index in [0.717, 1.165) is 11.3 Å². The highest BCUT2D eigenvalue weighted by molar-refractivity contribution is 14.1. The molecule has 0 atom stereocenters. The van der Waals surface area contributed by atoms with Crippen LogP contribution in [0.1, 0.15) is 19.4 Å². The minimum absolute atomic E-state index is 0.279. The summed E-state index contributed by atoms with van der Waals surface area (Å²) in [5.74, 6) is 0. The summed E-state index contributed by atoms with van der Waals surface area (Å²) in [7, 11) is 0. The van der Waals surface area contributed by atoms with Gasteiger partial charge >= 0.3 is 0 Å². The van der Waals surface area contributed by atoms with E-state index in [-0.39, 0.29) is 5.72 Å². The van der Waals surface area contributed by atoms with Gasteiger partial charge in [0.05, 0.1) is 5.70 Å². The summed E-state index contributed by atoms with van der Waals surface area (Å²) in [6, 6.07) is 8.35.